The number of nitrogens with one attached hydrogen (secondary N) is 2. The average molecular weight is 197 g/mol. The van der Waals surface area contributed by atoms with Crippen LogP contribution in [0.4, 0.5) is 5.82 Å². The number of aromatic nitrogens is 2. The van der Waals surface area contributed by atoms with Crippen LogP contribution < -0.4 is 22.3 Å². The first-order valence-corrected chi connectivity index (χ1v) is 4.40. The zero-order valence-corrected chi connectivity index (χ0v) is 8.08. The molecule has 1 heterocycles. The van der Waals surface area contributed by atoms with E-state index in [2.05, 4.69) is 15.3 Å². The van der Waals surface area contributed by atoms with Crippen LogP contribution in [0.3, 0.4) is 0 Å². The third-order valence-corrected chi connectivity index (χ3v) is 1.78. The van der Waals surface area contributed by atoms with Crippen molar-refractivity contribution in [1.29, 1.82) is 0 Å². The van der Waals surface area contributed by atoms with E-state index in [4.69, 9.17) is 11.5 Å². The molecule has 0 unspecified atom stereocenters. The molecule has 0 amide bonds. The highest BCUT2D eigenvalue weighted by atomic mass is 16.1. The molecule has 0 saturated heterocycles. The summed E-state index contributed by atoms with van der Waals surface area (Å²) in [7, 11) is 0. The van der Waals surface area contributed by atoms with Gasteiger partial charge in [0, 0.05) is 19.2 Å². The summed E-state index contributed by atoms with van der Waals surface area (Å²) in [4.78, 5) is 17.7. The van der Waals surface area contributed by atoms with Crippen LogP contribution in [0.2, 0.25) is 0 Å². The minimum Gasteiger partial charge on any atom is -0.365 e. The minimum absolute atomic E-state index is 0.0521. The monoisotopic (exact) mass is 197 g/mol. The second-order valence-corrected chi connectivity index (χ2v) is 3.03. The highest BCUT2D eigenvalue weighted by molar-refractivity contribution is 5.34. The number of H-pyrrole nitrogens is 1. The maximum absolute atomic E-state index is 11.1. The molecule has 1 aromatic heterocycles. The molecule has 0 aliphatic rings. The Hall–Kier alpha value is -1.40. The van der Waals surface area contributed by atoms with Crippen molar-refractivity contribution in [3.05, 3.63) is 22.2 Å². The molecule has 6 heteroatoms. The fourth-order valence-corrected chi connectivity index (χ4v) is 1.08. The fourth-order valence-electron chi connectivity index (χ4n) is 1.08. The van der Waals surface area contributed by atoms with Crippen LogP contribution in [-0.4, -0.2) is 29.1 Å². The number of hydrogen-bond donors (Lipinski definition) is 4. The van der Waals surface area contributed by atoms with Gasteiger partial charge in [-0.3, -0.25) is 4.79 Å². The summed E-state index contributed by atoms with van der Waals surface area (Å²) in [5.41, 5.74) is 10.7. The van der Waals surface area contributed by atoms with E-state index in [9.17, 15) is 4.79 Å². The second kappa shape index (κ2) is 4.73. The molecular formula is C8H15N5O. The normalized spacial score (nSPS) is 10.6. The molecule has 6 N–H and O–H groups in total. The number of aryl methyl sites for hydroxylation is 1. The Labute approximate surface area is 81.7 Å². The Bertz CT molecular complexity index is 344. The molecule has 78 valence electrons. The summed E-state index contributed by atoms with van der Waals surface area (Å²) in [6.45, 7) is 2.53. The summed E-state index contributed by atoms with van der Waals surface area (Å²) in [6.07, 6.45) is 0. The lowest BCUT2D eigenvalue weighted by molar-refractivity contribution is 0.731. The van der Waals surface area contributed by atoms with Gasteiger partial charge >= 0.3 is 0 Å². The molecular weight excluding hydrogens is 182 g/mol. The number of aromatic amines is 1. The van der Waals surface area contributed by atoms with E-state index in [1.165, 1.54) is 6.07 Å². The van der Waals surface area contributed by atoms with Gasteiger partial charge in [0.15, 0.2) is 0 Å². The number of anilines is 1. The van der Waals surface area contributed by atoms with Gasteiger partial charge in [-0.05, 0) is 6.92 Å². The lowest BCUT2D eigenvalue weighted by Gasteiger charge is -2.14. The third-order valence-electron chi connectivity index (χ3n) is 1.78. The standard InChI is InChI=1S/C8H15N5O/c1-5-11-7(2-8(14)12-5)13-6(3-9)4-10/h2,6H,3-4,9-10H2,1H3,(H2,11,12,13,14). The zero-order valence-electron chi connectivity index (χ0n) is 8.08. The summed E-state index contributed by atoms with van der Waals surface area (Å²) >= 11 is 0. The van der Waals surface area contributed by atoms with E-state index in [0.717, 1.165) is 0 Å². The number of nitrogens with two attached hydrogens (primary N) is 2. The van der Waals surface area contributed by atoms with E-state index >= 15 is 0 Å². The molecule has 1 rings (SSSR count). The minimum atomic E-state index is -0.187. The largest absolute Gasteiger partial charge is 0.365 e. The smallest absolute Gasteiger partial charge is 0.252 e. The molecule has 0 bridgehead atoms. The Morgan fingerprint density at radius 2 is 2.21 bits per heavy atom. The molecule has 0 aliphatic heterocycles. The maximum Gasteiger partial charge on any atom is 0.252 e. The summed E-state index contributed by atoms with van der Waals surface area (Å²) in [6, 6.07) is 1.33. The first kappa shape index (κ1) is 10.7. The SMILES string of the molecule is Cc1nc(NC(CN)CN)cc(=O)[nH]1. The van der Waals surface area contributed by atoms with Crippen molar-refractivity contribution >= 4 is 5.82 Å². The lowest BCUT2D eigenvalue weighted by Crippen LogP contribution is -2.36. The van der Waals surface area contributed by atoms with E-state index in [-0.39, 0.29) is 11.6 Å². The molecule has 0 saturated carbocycles. The quantitative estimate of drug-likeness (QED) is 0.483. The predicted octanol–water partition coefficient (Wildman–Crippen LogP) is -1.22. The van der Waals surface area contributed by atoms with Crippen LogP contribution in [0, 0.1) is 6.92 Å². The zero-order chi connectivity index (χ0) is 10.6. The molecule has 0 fully saturated rings. The van der Waals surface area contributed by atoms with Gasteiger partial charge in [0.05, 0.1) is 6.04 Å². The van der Waals surface area contributed by atoms with E-state index < -0.39 is 0 Å². The molecule has 1 aromatic rings. The number of nitrogens with zero attached hydrogens (tertiary/aromatic N) is 1. The molecule has 14 heavy (non-hydrogen) atoms. The van der Waals surface area contributed by atoms with E-state index in [1.54, 1.807) is 6.92 Å². The van der Waals surface area contributed by atoms with Gasteiger partial charge in [-0.25, -0.2) is 4.98 Å². The Kier molecular flexibility index (Phi) is 3.61. The Morgan fingerprint density at radius 1 is 1.57 bits per heavy atom. The molecule has 0 spiro atoms. The van der Waals surface area contributed by atoms with E-state index in [1.807, 2.05) is 0 Å². The molecule has 0 aliphatic carbocycles. The first-order valence-electron chi connectivity index (χ1n) is 4.40. The summed E-state index contributed by atoms with van der Waals surface area (Å²) in [5.74, 6) is 1.07. The van der Waals surface area contributed by atoms with Crippen molar-refractivity contribution < 1.29 is 0 Å². The van der Waals surface area contributed by atoms with Crippen molar-refractivity contribution in [3.63, 3.8) is 0 Å². The second-order valence-electron chi connectivity index (χ2n) is 3.03. The third kappa shape index (κ3) is 2.82. The number of hydrogen-bond acceptors (Lipinski definition) is 5. The van der Waals surface area contributed by atoms with Crippen LogP contribution >= 0.6 is 0 Å². The highest BCUT2D eigenvalue weighted by Gasteiger charge is 2.05. The van der Waals surface area contributed by atoms with E-state index in [0.29, 0.717) is 24.7 Å². The maximum atomic E-state index is 11.1. The first-order chi connectivity index (χ1) is 6.65. The number of rotatable bonds is 4. The predicted molar refractivity (Wildman–Crippen MR) is 55.1 cm³/mol. The summed E-state index contributed by atoms with van der Waals surface area (Å²) < 4.78 is 0. The van der Waals surface area contributed by atoms with Gasteiger partial charge in [0.2, 0.25) is 0 Å². The van der Waals surface area contributed by atoms with Crippen molar-refractivity contribution in [3.8, 4) is 0 Å². The fraction of sp³-hybridized carbons (Fsp3) is 0.500. The topological polar surface area (TPSA) is 110 Å². The van der Waals surface area contributed by atoms with Crippen LogP contribution in [0.5, 0.6) is 0 Å². The van der Waals surface area contributed by atoms with Crippen molar-refractivity contribution in [2.24, 2.45) is 11.5 Å². The van der Waals surface area contributed by atoms with Gasteiger partial charge in [-0.1, -0.05) is 0 Å². The van der Waals surface area contributed by atoms with Gasteiger partial charge in [-0.15, -0.1) is 0 Å². The van der Waals surface area contributed by atoms with Gasteiger partial charge in [0.1, 0.15) is 11.6 Å². The molecule has 0 radical (unpaired) electrons. The van der Waals surface area contributed by atoms with Crippen LogP contribution in [-0.2, 0) is 0 Å². The van der Waals surface area contributed by atoms with Crippen LogP contribution in [0.15, 0.2) is 10.9 Å². The molecule has 0 aromatic carbocycles. The average Bonchev–Trinajstić information content (AvgIpc) is 2.12. The molecule has 0 atom stereocenters. The summed E-state index contributed by atoms with van der Waals surface area (Å²) in [5, 5.41) is 2.98. The van der Waals surface area contributed by atoms with Crippen LogP contribution in [0.25, 0.3) is 0 Å². The van der Waals surface area contributed by atoms with Crippen molar-refractivity contribution in [2.45, 2.75) is 13.0 Å². The molecule has 6 nitrogen and oxygen atoms in total. The van der Waals surface area contributed by atoms with Crippen molar-refractivity contribution in [1.82, 2.24) is 9.97 Å². The Balaban J connectivity index is 2.80. The van der Waals surface area contributed by atoms with Gasteiger partial charge in [0.25, 0.3) is 5.56 Å². The van der Waals surface area contributed by atoms with Crippen LogP contribution in [0.1, 0.15) is 5.82 Å². The Morgan fingerprint density at radius 3 is 2.71 bits per heavy atom. The van der Waals surface area contributed by atoms with Gasteiger partial charge in [-0.2, -0.15) is 0 Å². The lowest BCUT2D eigenvalue weighted by atomic mass is 10.3. The highest BCUT2D eigenvalue weighted by Crippen LogP contribution is 1.99. The van der Waals surface area contributed by atoms with Gasteiger partial charge < -0.3 is 21.8 Å². The van der Waals surface area contributed by atoms with Crippen molar-refractivity contribution in [2.75, 3.05) is 18.4 Å².